The molecule has 3 aromatic heterocycles. The van der Waals surface area contributed by atoms with E-state index in [0.29, 0.717) is 34.5 Å². The van der Waals surface area contributed by atoms with Crippen LogP contribution in [0.1, 0.15) is 16.1 Å². The maximum Gasteiger partial charge on any atom is 0.256 e. The molecule has 1 amide bonds. The highest BCUT2D eigenvalue weighted by atomic mass is 16.3. The molecular weight excluding hydrogens is 392 g/mol. The fraction of sp³-hybridized carbons (Fsp3) is 0.0417. The van der Waals surface area contributed by atoms with Gasteiger partial charge in [0.05, 0.1) is 34.8 Å². The summed E-state index contributed by atoms with van der Waals surface area (Å²) in [4.78, 5) is 18.0. The smallest absolute Gasteiger partial charge is 0.256 e. The summed E-state index contributed by atoms with van der Waals surface area (Å²) in [5.41, 5.74) is 2.85. The summed E-state index contributed by atoms with van der Waals surface area (Å²) < 4.78 is 7.15. The Balaban J connectivity index is 1.63. The molecule has 152 valence electrons. The second-order valence-electron chi connectivity index (χ2n) is 7.01. The van der Waals surface area contributed by atoms with E-state index >= 15 is 0 Å². The number of furan rings is 1. The first-order valence-corrected chi connectivity index (χ1v) is 9.73. The Labute approximate surface area is 177 Å². The Hall–Kier alpha value is -4.39. The number of fused-ring (bicyclic) bond motifs is 1. The first-order valence-electron chi connectivity index (χ1n) is 9.73. The average Bonchev–Trinajstić information content (AvgIpc) is 3.46. The van der Waals surface area contributed by atoms with Gasteiger partial charge in [-0.1, -0.05) is 42.5 Å². The highest BCUT2D eigenvalue weighted by Gasteiger charge is 2.19. The molecular formula is C24H18N4O3. The van der Waals surface area contributed by atoms with E-state index in [1.807, 2.05) is 42.5 Å². The van der Waals surface area contributed by atoms with Gasteiger partial charge in [0.1, 0.15) is 18.1 Å². The van der Waals surface area contributed by atoms with E-state index in [9.17, 15) is 9.90 Å². The molecule has 0 radical (unpaired) electrons. The number of phenols is 1. The number of aromatic nitrogens is 3. The van der Waals surface area contributed by atoms with Crippen LogP contribution in [0, 0.1) is 0 Å². The van der Waals surface area contributed by atoms with E-state index in [2.05, 4.69) is 10.4 Å². The summed E-state index contributed by atoms with van der Waals surface area (Å²) >= 11 is 0. The lowest BCUT2D eigenvalue weighted by Gasteiger charge is -2.10. The standard InChI is InChI=1S/C24H18N4O3/c29-22-11-5-4-10-20(22)27-24(30)18-13-21(16-7-2-1-3-8-16)26-23-19(18)14-25-28(23)15-17-9-6-12-31-17/h1-14,29H,15H2,(H,27,30). The van der Waals surface area contributed by atoms with Gasteiger partial charge in [-0.15, -0.1) is 0 Å². The van der Waals surface area contributed by atoms with Crippen LogP contribution in [0.15, 0.2) is 89.7 Å². The Kier molecular flexibility index (Phi) is 4.68. The molecule has 0 aliphatic rings. The number of hydrogen-bond donors (Lipinski definition) is 2. The van der Waals surface area contributed by atoms with Crippen molar-refractivity contribution < 1.29 is 14.3 Å². The molecule has 2 aromatic carbocycles. The minimum atomic E-state index is -0.358. The van der Waals surface area contributed by atoms with Crippen LogP contribution in [0.3, 0.4) is 0 Å². The SMILES string of the molecule is O=C(Nc1ccccc1O)c1cc(-c2ccccc2)nc2c1cnn2Cc1ccco1. The largest absolute Gasteiger partial charge is 0.506 e. The van der Waals surface area contributed by atoms with E-state index < -0.39 is 0 Å². The minimum absolute atomic E-state index is 0.00190. The number of para-hydroxylation sites is 2. The monoisotopic (exact) mass is 410 g/mol. The van der Waals surface area contributed by atoms with E-state index in [1.54, 1.807) is 41.4 Å². The molecule has 0 saturated carbocycles. The van der Waals surface area contributed by atoms with Gasteiger partial charge in [0.15, 0.2) is 5.65 Å². The number of anilines is 1. The van der Waals surface area contributed by atoms with Crippen molar-refractivity contribution in [2.45, 2.75) is 6.54 Å². The lowest BCUT2D eigenvalue weighted by atomic mass is 10.1. The zero-order chi connectivity index (χ0) is 21.2. The number of phenolic OH excluding ortho intramolecular Hbond substituents is 1. The van der Waals surface area contributed by atoms with Crippen molar-refractivity contribution in [2.75, 3.05) is 5.32 Å². The molecule has 2 N–H and O–H groups in total. The van der Waals surface area contributed by atoms with Crippen molar-refractivity contribution in [1.82, 2.24) is 14.8 Å². The maximum absolute atomic E-state index is 13.2. The van der Waals surface area contributed by atoms with E-state index in [0.717, 1.165) is 11.3 Å². The lowest BCUT2D eigenvalue weighted by molar-refractivity contribution is 0.102. The van der Waals surface area contributed by atoms with Crippen molar-refractivity contribution in [2.24, 2.45) is 0 Å². The van der Waals surface area contributed by atoms with Crippen LogP contribution in [0.25, 0.3) is 22.3 Å². The molecule has 0 aliphatic carbocycles. The van der Waals surface area contributed by atoms with Crippen LogP contribution in [0.4, 0.5) is 5.69 Å². The minimum Gasteiger partial charge on any atom is -0.506 e. The van der Waals surface area contributed by atoms with Gasteiger partial charge >= 0.3 is 0 Å². The van der Waals surface area contributed by atoms with E-state index in [-0.39, 0.29) is 11.7 Å². The van der Waals surface area contributed by atoms with Crippen LogP contribution in [-0.4, -0.2) is 25.8 Å². The molecule has 0 fully saturated rings. The highest BCUT2D eigenvalue weighted by molar-refractivity contribution is 6.13. The lowest BCUT2D eigenvalue weighted by Crippen LogP contribution is -2.13. The third-order valence-electron chi connectivity index (χ3n) is 4.96. The Morgan fingerprint density at radius 2 is 1.84 bits per heavy atom. The van der Waals surface area contributed by atoms with Gasteiger partial charge in [-0.2, -0.15) is 5.10 Å². The average molecular weight is 410 g/mol. The second kappa shape index (κ2) is 7.79. The highest BCUT2D eigenvalue weighted by Crippen LogP contribution is 2.28. The van der Waals surface area contributed by atoms with Crippen LogP contribution in [0.5, 0.6) is 5.75 Å². The van der Waals surface area contributed by atoms with Crippen LogP contribution in [-0.2, 0) is 6.54 Å². The van der Waals surface area contributed by atoms with Gasteiger partial charge in [0.2, 0.25) is 0 Å². The number of pyridine rings is 1. The van der Waals surface area contributed by atoms with E-state index in [4.69, 9.17) is 9.40 Å². The number of hydrogen-bond acceptors (Lipinski definition) is 5. The third-order valence-corrected chi connectivity index (χ3v) is 4.96. The molecule has 3 heterocycles. The first-order chi connectivity index (χ1) is 15.2. The maximum atomic E-state index is 13.2. The summed E-state index contributed by atoms with van der Waals surface area (Å²) in [5, 5.41) is 17.9. The Bertz CT molecular complexity index is 1360. The second-order valence-corrected chi connectivity index (χ2v) is 7.01. The van der Waals surface area contributed by atoms with E-state index in [1.165, 1.54) is 6.07 Å². The molecule has 0 unspecified atom stereocenters. The summed E-state index contributed by atoms with van der Waals surface area (Å²) in [7, 11) is 0. The van der Waals surface area contributed by atoms with Gasteiger partial charge in [-0.3, -0.25) is 4.79 Å². The number of amides is 1. The van der Waals surface area contributed by atoms with Crippen molar-refractivity contribution in [3.05, 3.63) is 96.6 Å². The van der Waals surface area contributed by atoms with Gasteiger partial charge in [-0.25, -0.2) is 9.67 Å². The normalized spacial score (nSPS) is 11.0. The number of benzene rings is 2. The van der Waals surface area contributed by atoms with Gasteiger partial charge in [0, 0.05) is 5.56 Å². The van der Waals surface area contributed by atoms with Crippen molar-refractivity contribution in [3.8, 4) is 17.0 Å². The van der Waals surface area contributed by atoms with Crippen LogP contribution >= 0.6 is 0 Å². The fourth-order valence-electron chi connectivity index (χ4n) is 3.43. The van der Waals surface area contributed by atoms with Crippen molar-refractivity contribution >= 4 is 22.6 Å². The molecule has 0 atom stereocenters. The number of rotatable bonds is 5. The molecule has 7 nitrogen and oxygen atoms in total. The topological polar surface area (TPSA) is 93.2 Å². The number of carbonyl (C=O) groups excluding carboxylic acids is 1. The third kappa shape index (κ3) is 3.64. The fourth-order valence-corrected chi connectivity index (χ4v) is 3.43. The first kappa shape index (κ1) is 18.6. The molecule has 0 spiro atoms. The van der Waals surface area contributed by atoms with Gasteiger partial charge in [0.25, 0.3) is 5.91 Å². The summed E-state index contributed by atoms with van der Waals surface area (Å²) in [6, 6.07) is 21.7. The predicted octanol–water partition coefficient (Wildman–Crippen LogP) is 4.70. The van der Waals surface area contributed by atoms with Gasteiger partial charge < -0.3 is 14.8 Å². The molecule has 7 heteroatoms. The Morgan fingerprint density at radius 3 is 2.61 bits per heavy atom. The summed E-state index contributed by atoms with van der Waals surface area (Å²) in [6.45, 7) is 0.391. The summed E-state index contributed by atoms with van der Waals surface area (Å²) in [5.74, 6) is 0.374. The van der Waals surface area contributed by atoms with Crippen molar-refractivity contribution in [1.29, 1.82) is 0 Å². The quantitative estimate of drug-likeness (QED) is 0.410. The number of carbonyl (C=O) groups is 1. The van der Waals surface area contributed by atoms with Crippen LogP contribution in [0.2, 0.25) is 0 Å². The van der Waals surface area contributed by atoms with Crippen LogP contribution < -0.4 is 5.32 Å². The predicted molar refractivity (Wildman–Crippen MR) is 117 cm³/mol. The Morgan fingerprint density at radius 1 is 1.03 bits per heavy atom. The number of aromatic hydroxyl groups is 1. The molecule has 0 saturated heterocycles. The number of nitrogens with zero attached hydrogens (tertiary/aromatic N) is 3. The van der Waals surface area contributed by atoms with Crippen molar-refractivity contribution in [3.63, 3.8) is 0 Å². The summed E-state index contributed by atoms with van der Waals surface area (Å²) in [6.07, 6.45) is 3.23. The molecule has 31 heavy (non-hydrogen) atoms. The molecule has 0 aliphatic heterocycles. The zero-order valence-corrected chi connectivity index (χ0v) is 16.4. The molecule has 5 rings (SSSR count). The molecule has 0 bridgehead atoms. The van der Waals surface area contributed by atoms with Gasteiger partial charge in [-0.05, 0) is 30.3 Å². The zero-order valence-electron chi connectivity index (χ0n) is 16.4. The number of nitrogens with one attached hydrogen (secondary N) is 1. The molecule has 5 aromatic rings.